The van der Waals surface area contributed by atoms with Gasteiger partial charge in [-0.1, -0.05) is 48.5 Å². The first-order chi connectivity index (χ1) is 18.4. The highest BCUT2D eigenvalue weighted by atomic mass is 16.2. The van der Waals surface area contributed by atoms with Gasteiger partial charge in [0, 0.05) is 50.9 Å². The van der Waals surface area contributed by atoms with Crippen molar-refractivity contribution in [2.45, 2.75) is 51.6 Å². The number of aryl methyl sites for hydroxylation is 2. The van der Waals surface area contributed by atoms with Gasteiger partial charge < -0.3 is 15.1 Å². The third-order valence-electron chi connectivity index (χ3n) is 9.68. The van der Waals surface area contributed by atoms with Gasteiger partial charge in [-0.3, -0.25) is 14.5 Å². The van der Waals surface area contributed by atoms with Crippen molar-refractivity contribution in [3.63, 3.8) is 0 Å². The first-order valence-electron chi connectivity index (χ1n) is 14.6. The highest BCUT2D eigenvalue weighted by Gasteiger charge is 2.42. The minimum absolute atomic E-state index is 0.0334. The largest absolute Gasteiger partial charge is 0.348 e. The number of rotatable bonds is 8. The molecule has 3 heterocycles. The molecular formula is C32H42N4O2. The van der Waals surface area contributed by atoms with E-state index in [2.05, 4.69) is 44.3 Å². The molecule has 0 aromatic heterocycles. The van der Waals surface area contributed by atoms with Crippen molar-refractivity contribution in [1.29, 1.82) is 0 Å². The Bertz CT molecular complexity index is 1130. The molecule has 4 unspecified atom stereocenters. The summed E-state index contributed by atoms with van der Waals surface area (Å²) >= 11 is 0. The van der Waals surface area contributed by atoms with E-state index in [1.165, 1.54) is 24.8 Å². The fourth-order valence-electron chi connectivity index (χ4n) is 7.71. The average Bonchev–Trinajstić information content (AvgIpc) is 3.68. The minimum atomic E-state index is 0.0334. The van der Waals surface area contributed by atoms with Crippen LogP contribution in [0, 0.1) is 31.6 Å². The summed E-state index contributed by atoms with van der Waals surface area (Å²) < 4.78 is 0. The number of carbonyl (C=O) groups excluding carboxylic acids is 2. The summed E-state index contributed by atoms with van der Waals surface area (Å²) in [4.78, 5) is 33.4. The third kappa shape index (κ3) is 5.26. The maximum absolute atomic E-state index is 13.3. The Hall–Kier alpha value is -2.70. The van der Waals surface area contributed by atoms with Gasteiger partial charge in [-0.05, 0) is 74.0 Å². The molecule has 4 fully saturated rings. The van der Waals surface area contributed by atoms with Crippen LogP contribution in [-0.2, 0) is 4.79 Å². The lowest BCUT2D eigenvalue weighted by atomic mass is 10.0. The zero-order valence-electron chi connectivity index (χ0n) is 22.9. The van der Waals surface area contributed by atoms with Crippen LogP contribution in [0.25, 0.3) is 0 Å². The molecule has 1 aliphatic carbocycles. The van der Waals surface area contributed by atoms with E-state index in [4.69, 9.17) is 0 Å². The quantitative estimate of drug-likeness (QED) is 0.578. The second-order valence-electron chi connectivity index (χ2n) is 12.3. The summed E-state index contributed by atoms with van der Waals surface area (Å²) in [5.41, 5.74) is 4.21. The first kappa shape index (κ1) is 25.6. The molecule has 5 atom stereocenters. The Balaban J connectivity index is 1.03. The summed E-state index contributed by atoms with van der Waals surface area (Å²) in [5.74, 6) is 2.24. The minimum Gasteiger partial charge on any atom is -0.348 e. The molecule has 0 radical (unpaired) electrons. The summed E-state index contributed by atoms with van der Waals surface area (Å²) in [7, 11) is 0. The number of nitrogens with zero attached hydrogens (tertiary/aromatic N) is 3. The number of likely N-dealkylation sites (tertiary alicyclic amines) is 3. The van der Waals surface area contributed by atoms with Crippen LogP contribution < -0.4 is 5.32 Å². The molecule has 2 aromatic rings. The molecule has 4 aliphatic rings. The molecular weight excluding hydrogens is 472 g/mol. The monoisotopic (exact) mass is 514 g/mol. The SMILES string of the molecule is Cc1cccc(C)c1C(=O)N1CC2CN(CC[C@H](NC(=O)CN3CC4CCC3C4)c3ccccc3)CC2C1. The van der Waals surface area contributed by atoms with Crippen LogP contribution in [0.5, 0.6) is 0 Å². The van der Waals surface area contributed by atoms with Crippen molar-refractivity contribution >= 4 is 11.8 Å². The molecule has 3 saturated heterocycles. The number of piperidine rings is 1. The van der Waals surface area contributed by atoms with Gasteiger partial charge in [0.1, 0.15) is 0 Å². The van der Waals surface area contributed by atoms with Crippen molar-refractivity contribution in [2.75, 3.05) is 45.8 Å². The van der Waals surface area contributed by atoms with Gasteiger partial charge in [-0.15, -0.1) is 0 Å². The lowest BCUT2D eigenvalue weighted by Crippen LogP contribution is -2.42. The van der Waals surface area contributed by atoms with E-state index in [-0.39, 0.29) is 17.9 Å². The molecule has 202 valence electrons. The molecule has 1 N–H and O–H groups in total. The van der Waals surface area contributed by atoms with Crippen LogP contribution in [0.15, 0.2) is 48.5 Å². The smallest absolute Gasteiger partial charge is 0.254 e. The van der Waals surface area contributed by atoms with E-state index in [9.17, 15) is 9.59 Å². The molecule has 0 spiro atoms. The molecule has 6 rings (SSSR count). The fourth-order valence-corrected chi connectivity index (χ4v) is 7.71. The van der Waals surface area contributed by atoms with Crippen LogP contribution in [0.4, 0.5) is 0 Å². The molecule has 6 nitrogen and oxygen atoms in total. The summed E-state index contributed by atoms with van der Waals surface area (Å²) in [6.45, 7) is 10.4. The first-order valence-corrected chi connectivity index (χ1v) is 14.6. The molecule has 2 amide bonds. The predicted octanol–water partition coefficient (Wildman–Crippen LogP) is 4.04. The average molecular weight is 515 g/mol. The normalized spacial score (nSPS) is 27.6. The number of benzene rings is 2. The Labute approximate surface area is 227 Å². The fraction of sp³-hybridized carbons (Fsp3) is 0.562. The Morgan fingerprint density at radius 3 is 2.24 bits per heavy atom. The lowest BCUT2D eigenvalue weighted by molar-refractivity contribution is -0.123. The molecule has 2 aromatic carbocycles. The maximum atomic E-state index is 13.3. The lowest BCUT2D eigenvalue weighted by Gasteiger charge is -2.28. The van der Waals surface area contributed by atoms with Crippen LogP contribution in [0.2, 0.25) is 0 Å². The van der Waals surface area contributed by atoms with Crippen LogP contribution in [0.1, 0.15) is 58.8 Å². The van der Waals surface area contributed by atoms with Gasteiger partial charge in [0.15, 0.2) is 0 Å². The highest BCUT2D eigenvalue weighted by Crippen LogP contribution is 2.37. The standard InChI is InChI=1S/C32H42N4O2/c1-22-7-6-8-23(2)31(22)32(38)36-19-26-17-34(18-27(26)20-36)14-13-29(25-9-4-3-5-10-25)33-30(37)21-35-16-24-11-12-28(35)15-24/h3-10,24,26-29H,11-21H2,1-2H3,(H,33,37)/t24?,26?,27?,28?,29-/m0/s1. The van der Waals surface area contributed by atoms with E-state index in [0.29, 0.717) is 24.4 Å². The zero-order valence-corrected chi connectivity index (χ0v) is 22.9. The Morgan fingerprint density at radius 2 is 1.61 bits per heavy atom. The number of carbonyl (C=O) groups is 2. The Morgan fingerprint density at radius 1 is 0.895 bits per heavy atom. The van der Waals surface area contributed by atoms with E-state index in [1.54, 1.807) is 0 Å². The van der Waals surface area contributed by atoms with Gasteiger partial charge in [-0.2, -0.15) is 0 Å². The van der Waals surface area contributed by atoms with Gasteiger partial charge >= 0.3 is 0 Å². The highest BCUT2D eigenvalue weighted by molar-refractivity contribution is 5.97. The second-order valence-corrected chi connectivity index (χ2v) is 12.3. The van der Waals surface area contributed by atoms with Gasteiger partial charge in [0.25, 0.3) is 5.91 Å². The van der Waals surface area contributed by atoms with Crippen LogP contribution >= 0.6 is 0 Å². The van der Waals surface area contributed by atoms with Crippen molar-refractivity contribution in [1.82, 2.24) is 20.0 Å². The number of hydrogen-bond acceptors (Lipinski definition) is 4. The third-order valence-corrected chi connectivity index (χ3v) is 9.68. The van der Waals surface area contributed by atoms with E-state index in [1.807, 2.05) is 38.1 Å². The zero-order chi connectivity index (χ0) is 26.2. The molecule has 38 heavy (non-hydrogen) atoms. The van der Waals surface area contributed by atoms with Crippen molar-refractivity contribution in [3.8, 4) is 0 Å². The van der Waals surface area contributed by atoms with Crippen molar-refractivity contribution in [2.24, 2.45) is 17.8 Å². The Kier molecular flexibility index (Phi) is 7.28. The molecule has 1 saturated carbocycles. The molecule has 6 heteroatoms. The summed E-state index contributed by atoms with van der Waals surface area (Å²) in [6, 6.07) is 17.2. The number of hydrogen-bond donors (Lipinski definition) is 1. The predicted molar refractivity (Wildman–Crippen MR) is 150 cm³/mol. The van der Waals surface area contributed by atoms with E-state index in [0.717, 1.165) is 68.3 Å². The molecule has 2 bridgehead atoms. The maximum Gasteiger partial charge on any atom is 0.254 e. The summed E-state index contributed by atoms with van der Waals surface area (Å²) in [5, 5.41) is 3.38. The van der Waals surface area contributed by atoms with E-state index < -0.39 is 0 Å². The summed E-state index contributed by atoms with van der Waals surface area (Å²) in [6.07, 6.45) is 4.78. The van der Waals surface area contributed by atoms with Gasteiger partial charge in [0.05, 0.1) is 12.6 Å². The topological polar surface area (TPSA) is 55.9 Å². The van der Waals surface area contributed by atoms with Crippen LogP contribution in [0.3, 0.4) is 0 Å². The number of amides is 2. The van der Waals surface area contributed by atoms with E-state index >= 15 is 0 Å². The van der Waals surface area contributed by atoms with Gasteiger partial charge in [-0.25, -0.2) is 0 Å². The second kappa shape index (κ2) is 10.8. The van der Waals surface area contributed by atoms with Crippen molar-refractivity contribution < 1.29 is 9.59 Å². The van der Waals surface area contributed by atoms with Crippen molar-refractivity contribution in [3.05, 3.63) is 70.8 Å². The molecule has 3 aliphatic heterocycles. The number of fused-ring (bicyclic) bond motifs is 3. The number of nitrogens with one attached hydrogen (secondary N) is 1. The van der Waals surface area contributed by atoms with Gasteiger partial charge in [0.2, 0.25) is 5.91 Å². The van der Waals surface area contributed by atoms with Crippen LogP contribution in [-0.4, -0.2) is 78.4 Å².